The molecule has 1 aliphatic rings. The first-order chi connectivity index (χ1) is 9.06. The molecule has 19 heavy (non-hydrogen) atoms. The van der Waals surface area contributed by atoms with Gasteiger partial charge in [-0.3, -0.25) is 0 Å². The number of hydrogen-bond acceptors (Lipinski definition) is 2. The molecule has 2 nitrogen and oxygen atoms in total. The molecule has 2 heteroatoms. The molecule has 1 saturated heterocycles. The molecule has 1 aromatic rings. The van der Waals surface area contributed by atoms with Gasteiger partial charge in [-0.1, -0.05) is 31.5 Å². The van der Waals surface area contributed by atoms with E-state index >= 15 is 0 Å². The van der Waals surface area contributed by atoms with Gasteiger partial charge < -0.3 is 9.47 Å². The third kappa shape index (κ3) is 3.30. The topological polar surface area (TPSA) is 21.8 Å². The summed E-state index contributed by atoms with van der Waals surface area (Å²) in [5, 5.41) is 0. The largest absolute Gasteiger partial charge is 0.493 e. The molecule has 3 unspecified atom stereocenters. The molecule has 1 heterocycles. The Morgan fingerprint density at radius 1 is 1.26 bits per heavy atom. The highest BCUT2D eigenvalue weighted by atomic mass is 16.6. The normalized spacial score (nSPS) is 23.2. The van der Waals surface area contributed by atoms with E-state index < -0.39 is 0 Å². The standard InChI is InChI=1S/C17H26O2/c1-6-15-17(19-15)13(5)10-14-9-11(3)8-12(4)16(14)18-7-2/h8-9,13,15,17H,6-7,10H2,1-5H3. The van der Waals surface area contributed by atoms with Crippen LogP contribution < -0.4 is 4.74 Å². The molecule has 0 aromatic heterocycles. The van der Waals surface area contributed by atoms with Crippen LogP contribution in [0.3, 0.4) is 0 Å². The zero-order valence-corrected chi connectivity index (χ0v) is 12.8. The van der Waals surface area contributed by atoms with E-state index in [2.05, 4.69) is 39.8 Å². The Hall–Kier alpha value is -1.02. The van der Waals surface area contributed by atoms with Crippen molar-refractivity contribution >= 4 is 0 Å². The van der Waals surface area contributed by atoms with Gasteiger partial charge in [0.05, 0.1) is 18.8 Å². The lowest BCUT2D eigenvalue weighted by atomic mass is 9.93. The molecular weight excluding hydrogens is 236 g/mol. The molecule has 0 aliphatic carbocycles. The van der Waals surface area contributed by atoms with Gasteiger partial charge in [-0.2, -0.15) is 0 Å². The molecule has 1 aliphatic heterocycles. The minimum atomic E-state index is 0.445. The predicted octanol–water partition coefficient (Wildman–Crippen LogP) is 4.06. The minimum Gasteiger partial charge on any atom is -0.493 e. The van der Waals surface area contributed by atoms with E-state index in [1.165, 1.54) is 16.7 Å². The number of aryl methyl sites for hydroxylation is 2. The minimum absolute atomic E-state index is 0.445. The average molecular weight is 262 g/mol. The van der Waals surface area contributed by atoms with Gasteiger partial charge >= 0.3 is 0 Å². The summed E-state index contributed by atoms with van der Waals surface area (Å²) in [6, 6.07) is 4.46. The van der Waals surface area contributed by atoms with Gasteiger partial charge in [0.2, 0.25) is 0 Å². The summed E-state index contributed by atoms with van der Waals surface area (Å²) >= 11 is 0. The van der Waals surface area contributed by atoms with Crippen LogP contribution in [0, 0.1) is 19.8 Å². The van der Waals surface area contributed by atoms with Crippen LogP contribution in [0.1, 0.15) is 43.9 Å². The zero-order valence-electron chi connectivity index (χ0n) is 12.8. The lowest BCUT2D eigenvalue weighted by Gasteiger charge is -2.17. The second kappa shape index (κ2) is 5.96. The molecule has 0 amide bonds. The fourth-order valence-electron chi connectivity index (χ4n) is 2.99. The summed E-state index contributed by atoms with van der Waals surface area (Å²) in [6.07, 6.45) is 3.09. The molecule has 3 atom stereocenters. The van der Waals surface area contributed by atoms with Gasteiger partial charge in [0.15, 0.2) is 0 Å². The Kier molecular flexibility index (Phi) is 4.51. The molecule has 0 bridgehead atoms. The first-order valence-electron chi connectivity index (χ1n) is 7.45. The fraction of sp³-hybridized carbons (Fsp3) is 0.647. The lowest BCUT2D eigenvalue weighted by molar-refractivity contribution is 0.313. The first-order valence-corrected chi connectivity index (χ1v) is 7.45. The zero-order chi connectivity index (χ0) is 14.0. The summed E-state index contributed by atoms with van der Waals surface area (Å²) in [7, 11) is 0. The summed E-state index contributed by atoms with van der Waals surface area (Å²) in [6.45, 7) is 11.5. The quantitative estimate of drug-likeness (QED) is 0.721. The SMILES string of the molecule is CCOc1c(C)cc(C)cc1CC(C)C1OC1CC. The van der Waals surface area contributed by atoms with Crippen LogP contribution in [0.4, 0.5) is 0 Å². The van der Waals surface area contributed by atoms with Crippen LogP contribution >= 0.6 is 0 Å². The number of benzene rings is 1. The summed E-state index contributed by atoms with van der Waals surface area (Å²) < 4.78 is 11.6. The number of ether oxygens (including phenoxy) is 2. The van der Waals surface area contributed by atoms with Gasteiger partial charge in [0.25, 0.3) is 0 Å². The Morgan fingerprint density at radius 2 is 2.00 bits per heavy atom. The van der Waals surface area contributed by atoms with E-state index in [0.717, 1.165) is 25.2 Å². The van der Waals surface area contributed by atoms with Crippen molar-refractivity contribution in [3.63, 3.8) is 0 Å². The van der Waals surface area contributed by atoms with Gasteiger partial charge in [0.1, 0.15) is 5.75 Å². The van der Waals surface area contributed by atoms with Crippen LogP contribution in [0.2, 0.25) is 0 Å². The molecule has 1 fully saturated rings. The van der Waals surface area contributed by atoms with Crippen LogP contribution in [-0.4, -0.2) is 18.8 Å². The molecule has 2 rings (SSSR count). The highest BCUT2D eigenvalue weighted by molar-refractivity contribution is 5.44. The highest BCUT2D eigenvalue weighted by Crippen LogP contribution is 2.36. The van der Waals surface area contributed by atoms with Crippen molar-refractivity contribution in [2.45, 2.75) is 59.7 Å². The van der Waals surface area contributed by atoms with E-state index in [1.54, 1.807) is 0 Å². The Balaban J connectivity index is 2.14. The molecule has 0 N–H and O–H groups in total. The van der Waals surface area contributed by atoms with Gasteiger partial charge in [-0.25, -0.2) is 0 Å². The monoisotopic (exact) mass is 262 g/mol. The van der Waals surface area contributed by atoms with Crippen molar-refractivity contribution in [3.05, 3.63) is 28.8 Å². The van der Waals surface area contributed by atoms with E-state index in [0.29, 0.717) is 18.1 Å². The van der Waals surface area contributed by atoms with E-state index in [-0.39, 0.29) is 0 Å². The van der Waals surface area contributed by atoms with E-state index in [4.69, 9.17) is 9.47 Å². The van der Waals surface area contributed by atoms with E-state index in [9.17, 15) is 0 Å². The van der Waals surface area contributed by atoms with Crippen molar-refractivity contribution in [3.8, 4) is 5.75 Å². The van der Waals surface area contributed by atoms with Crippen molar-refractivity contribution in [2.75, 3.05) is 6.61 Å². The number of rotatable bonds is 6. The first kappa shape index (κ1) is 14.4. The maximum atomic E-state index is 5.84. The molecular formula is C17H26O2. The molecule has 0 radical (unpaired) electrons. The van der Waals surface area contributed by atoms with Gasteiger partial charge in [-0.15, -0.1) is 0 Å². The van der Waals surface area contributed by atoms with Crippen LogP contribution in [-0.2, 0) is 11.2 Å². The van der Waals surface area contributed by atoms with Crippen LogP contribution in [0.25, 0.3) is 0 Å². The van der Waals surface area contributed by atoms with Crippen LogP contribution in [0.15, 0.2) is 12.1 Å². The Labute approximate surface area is 117 Å². The summed E-state index contributed by atoms with van der Waals surface area (Å²) in [4.78, 5) is 0. The summed E-state index contributed by atoms with van der Waals surface area (Å²) in [5.41, 5.74) is 3.89. The smallest absolute Gasteiger partial charge is 0.125 e. The summed E-state index contributed by atoms with van der Waals surface area (Å²) in [5.74, 6) is 1.64. The molecule has 106 valence electrons. The maximum Gasteiger partial charge on any atom is 0.125 e. The van der Waals surface area contributed by atoms with Crippen molar-refractivity contribution in [1.82, 2.24) is 0 Å². The third-order valence-electron chi connectivity index (χ3n) is 3.91. The molecule has 1 aromatic carbocycles. The second-order valence-corrected chi connectivity index (χ2v) is 5.73. The molecule has 0 spiro atoms. The predicted molar refractivity (Wildman–Crippen MR) is 78.9 cm³/mol. The number of epoxide rings is 1. The third-order valence-corrected chi connectivity index (χ3v) is 3.91. The molecule has 0 saturated carbocycles. The van der Waals surface area contributed by atoms with E-state index in [1.807, 2.05) is 6.92 Å². The Bertz CT molecular complexity index is 439. The van der Waals surface area contributed by atoms with Gasteiger partial charge in [-0.05, 0) is 50.7 Å². The van der Waals surface area contributed by atoms with Crippen LogP contribution in [0.5, 0.6) is 5.75 Å². The maximum absolute atomic E-state index is 5.84. The van der Waals surface area contributed by atoms with Crippen molar-refractivity contribution in [2.24, 2.45) is 5.92 Å². The average Bonchev–Trinajstić information content (AvgIpc) is 3.13. The fourth-order valence-corrected chi connectivity index (χ4v) is 2.99. The number of hydrogen-bond donors (Lipinski definition) is 0. The van der Waals surface area contributed by atoms with Crippen molar-refractivity contribution in [1.29, 1.82) is 0 Å². The lowest BCUT2D eigenvalue weighted by Crippen LogP contribution is -2.11. The second-order valence-electron chi connectivity index (χ2n) is 5.73. The van der Waals surface area contributed by atoms with Crippen molar-refractivity contribution < 1.29 is 9.47 Å². The highest BCUT2D eigenvalue weighted by Gasteiger charge is 2.41. The van der Waals surface area contributed by atoms with Gasteiger partial charge in [0, 0.05) is 0 Å². The Morgan fingerprint density at radius 3 is 2.58 bits per heavy atom.